The first-order chi connectivity index (χ1) is 10.2. The van der Waals surface area contributed by atoms with Crippen LogP contribution in [0.4, 0.5) is 0 Å². The molecular weight excluding hydrogens is 266 g/mol. The van der Waals surface area contributed by atoms with Gasteiger partial charge in [0.05, 0.1) is 0 Å². The lowest BCUT2D eigenvalue weighted by atomic mass is 9.69. The minimum absolute atomic E-state index is 0.354. The van der Waals surface area contributed by atoms with E-state index in [1.165, 1.54) is 64.2 Å². The maximum absolute atomic E-state index is 3.05. The molecule has 0 unspecified atom stereocenters. The summed E-state index contributed by atoms with van der Waals surface area (Å²) in [5.74, 6) is 0. The Labute approximate surface area is 140 Å². The number of hydrogen-bond donors (Lipinski definition) is 0. The maximum Gasteiger partial charge on any atom is 0.0198 e. The summed E-state index contributed by atoms with van der Waals surface area (Å²) in [7, 11) is 0. The lowest BCUT2D eigenvalue weighted by molar-refractivity contribution is -0.0583. The topological polar surface area (TPSA) is 3.24 Å². The highest BCUT2D eigenvalue weighted by molar-refractivity contribution is 4.98. The van der Waals surface area contributed by atoms with Crippen LogP contribution in [0.2, 0.25) is 0 Å². The predicted octanol–water partition coefficient (Wildman–Crippen LogP) is 6.41. The van der Waals surface area contributed by atoms with E-state index in [1.54, 1.807) is 0 Å². The molecule has 0 aromatic heterocycles. The highest BCUT2D eigenvalue weighted by atomic mass is 15.2. The molecule has 1 heteroatoms. The molecule has 2 fully saturated rings. The van der Waals surface area contributed by atoms with E-state index in [-0.39, 0.29) is 0 Å². The Morgan fingerprint density at radius 1 is 0.591 bits per heavy atom. The molecule has 130 valence electrons. The Kier molecular flexibility index (Phi) is 6.02. The van der Waals surface area contributed by atoms with Gasteiger partial charge in [0, 0.05) is 18.1 Å². The summed E-state index contributed by atoms with van der Waals surface area (Å²) >= 11 is 0. The molecule has 0 saturated heterocycles. The zero-order valence-corrected chi connectivity index (χ0v) is 16.3. The van der Waals surface area contributed by atoms with Gasteiger partial charge in [0.2, 0.25) is 0 Å². The Hall–Kier alpha value is -0.0400. The smallest absolute Gasteiger partial charge is 0.0198 e. The van der Waals surface area contributed by atoms with Gasteiger partial charge in [-0.25, -0.2) is 0 Å². The fourth-order valence-corrected chi connectivity index (χ4v) is 5.67. The third-order valence-electron chi connectivity index (χ3n) is 5.93. The van der Waals surface area contributed by atoms with Crippen molar-refractivity contribution in [2.45, 2.75) is 124 Å². The SMILES string of the molecule is CC(C)(C)C(N(C1CCCCC1)C1CCCCC1)C(C)(C)C. The molecule has 0 amide bonds. The van der Waals surface area contributed by atoms with Crippen molar-refractivity contribution in [1.82, 2.24) is 4.90 Å². The molecule has 0 heterocycles. The third-order valence-corrected chi connectivity index (χ3v) is 5.93. The Morgan fingerprint density at radius 2 is 0.909 bits per heavy atom. The van der Waals surface area contributed by atoms with Crippen LogP contribution in [0.25, 0.3) is 0 Å². The fourth-order valence-electron chi connectivity index (χ4n) is 5.67. The Morgan fingerprint density at radius 3 is 1.18 bits per heavy atom. The quantitative estimate of drug-likeness (QED) is 0.582. The van der Waals surface area contributed by atoms with Gasteiger partial charge in [-0.2, -0.15) is 0 Å². The molecule has 22 heavy (non-hydrogen) atoms. The molecule has 2 rings (SSSR count). The van der Waals surface area contributed by atoms with Gasteiger partial charge in [-0.15, -0.1) is 0 Å². The zero-order chi connectivity index (χ0) is 16.4. The van der Waals surface area contributed by atoms with Crippen molar-refractivity contribution in [3.05, 3.63) is 0 Å². The van der Waals surface area contributed by atoms with Crippen LogP contribution >= 0.6 is 0 Å². The van der Waals surface area contributed by atoms with Crippen LogP contribution in [0, 0.1) is 10.8 Å². The van der Waals surface area contributed by atoms with Crippen LogP contribution in [0.1, 0.15) is 106 Å². The molecular formula is C21H41N. The van der Waals surface area contributed by atoms with E-state index in [0.717, 1.165) is 12.1 Å². The van der Waals surface area contributed by atoms with Gasteiger partial charge in [-0.05, 0) is 36.5 Å². The second-order valence-electron chi connectivity index (χ2n) is 10.2. The Bertz CT molecular complexity index is 289. The van der Waals surface area contributed by atoms with Gasteiger partial charge in [0.1, 0.15) is 0 Å². The number of hydrogen-bond acceptors (Lipinski definition) is 1. The van der Waals surface area contributed by atoms with E-state index in [1.807, 2.05) is 0 Å². The average molecular weight is 308 g/mol. The predicted molar refractivity (Wildman–Crippen MR) is 98.3 cm³/mol. The van der Waals surface area contributed by atoms with Gasteiger partial charge >= 0.3 is 0 Å². The van der Waals surface area contributed by atoms with Gasteiger partial charge in [-0.1, -0.05) is 80.1 Å². The molecule has 0 atom stereocenters. The average Bonchev–Trinajstić information content (AvgIpc) is 2.44. The molecule has 0 N–H and O–H groups in total. The largest absolute Gasteiger partial charge is 0.293 e. The molecule has 2 aliphatic carbocycles. The van der Waals surface area contributed by atoms with Crippen molar-refractivity contribution in [1.29, 1.82) is 0 Å². The van der Waals surface area contributed by atoms with Gasteiger partial charge in [0.15, 0.2) is 0 Å². The summed E-state index contributed by atoms with van der Waals surface area (Å²) in [5.41, 5.74) is 0.709. The van der Waals surface area contributed by atoms with Crippen LogP contribution < -0.4 is 0 Å². The van der Waals surface area contributed by atoms with Crippen molar-refractivity contribution in [2.75, 3.05) is 0 Å². The summed E-state index contributed by atoms with van der Waals surface area (Å²) in [5, 5.41) is 0. The molecule has 1 nitrogen and oxygen atoms in total. The fraction of sp³-hybridized carbons (Fsp3) is 1.00. The highest BCUT2D eigenvalue weighted by Gasteiger charge is 2.44. The monoisotopic (exact) mass is 307 g/mol. The molecule has 0 bridgehead atoms. The van der Waals surface area contributed by atoms with E-state index in [9.17, 15) is 0 Å². The van der Waals surface area contributed by atoms with E-state index in [4.69, 9.17) is 0 Å². The summed E-state index contributed by atoms with van der Waals surface area (Å²) < 4.78 is 0. The van der Waals surface area contributed by atoms with E-state index >= 15 is 0 Å². The van der Waals surface area contributed by atoms with Crippen LogP contribution in [0.3, 0.4) is 0 Å². The summed E-state index contributed by atoms with van der Waals surface area (Å²) in [6, 6.07) is 2.38. The van der Waals surface area contributed by atoms with Crippen molar-refractivity contribution < 1.29 is 0 Å². The first-order valence-electron chi connectivity index (χ1n) is 9.98. The zero-order valence-electron chi connectivity index (χ0n) is 16.3. The molecule has 2 aliphatic rings. The summed E-state index contributed by atoms with van der Waals surface area (Å²) in [6.07, 6.45) is 14.5. The highest BCUT2D eigenvalue weighted by Crippen LogP contribution is 2.43. The minimum Gasteiger partial charge on any atom is -0.293 e. The normalized spacial score (nSPS) is 23.5. The second-order valence-corrected chi connectivity index (χ2v) is 10.2. The van der Waals surface area contributed by atoms with Crippen LogP contribution in [-0.4, -0.2) is 23.0 Å². The van der Waals surface area contributed by atoms with Crippen molar-refractivity contribution in [3.8, 4) is 0 Å². The minimum atomic E-state index is 0.354. The summed E-state index contributed by atoms with van der Waals surface area (Å²) in [4.78, 5) is 3.05. The molecule has 0 aromatic rings. The van der Waals surface area contributed by atoms with Crippen molar-refractivity contribution in [3.63, 3.8) is 0 Å². The summed E-state index contributed by atoms with van der Waals surface area (Å²) in [6.45, 7) is 14.8. The van der Waals surface area contributed by atoms with Gasteiger partial charge < -0.3 is 0 Å². The molecule has 0 aromatic carbocycles. The lowest BCUT2D eigenvalue weighted by Crippen LogP contribution is -2.59. The standard InChI is InChI=1S/C21H41N/c1-20(2,3)19(21(4,5)6)22(17-13-9-7-10-14-17)18-15-11-8-12-16-18/h17-19H,7-16H2,1-6H3. The second kappa shape index (κ2) is 7.24. The molecule has 0 radical (unpaired) electrons. The van der Waals surface area contributed by atoms with Crippen molar-refractivity contribution in [2.24, 2.45) is 10.8 Å². The lowest BCUT2D eigenvalue weighted by Gasteiger charge is -2.55. The molecule has 2 saturated carbocycles. The number of nitrogens with zero attached hydrogens (tertiary/aromatic N) is 1. The first-order valence-corrected chi connectivity index (χ1v) is 9.98. The Balaban J connectivity index is 2.31. The van der Waals surface area contributed by atoms with Gasteiger partial charge in [-0.3, -0.25) is 4.90 Å². The maximum atomic E-state index is 3.05. The van der Waals surface area contributed by atoms with Crippen LogP contribution in [-0.2, 0) is 0 Å². The number of rotatable bonds is 3. The van der Waals surface area contributed by atoms with Gasteiger partial charge in [0.25, 0.3) is 0 Å². The molecule has 0 spiro atoms. The first kappa shape index (κ1) is 18.3. The molecule has 0 aliphatic heterocycles. The third kappa shape index (κ3) is 4.49. The van der Waals surface area contributed by atoms with Crippen LogP contribution in [0.5, 0.6) is 0 Å². The van der Waals surface area contributed by atoms with Crippen molar-refractivity contribution >= 4 is 0 Å². The van der Waals surface area contributed by atoms with E-state index < -0.39 is 0 Å². The van der Waals surface area contributed by atoms with Crippen LogP contribution in [0.15, 0.2) is 0 Å². The van der Waals surface area contributed by atoms with E-state index in [0.29, 0.717) is 16.9 Å². The van der Waals surface area contributed by atoms with E-state index in [2.05, 4.69) is 46.4 Å².